The maximum Gasteiger partial charge on any atom is 0.225 e. The number of carbonyl (C=O) groups is 2. The molecule has 2 amide bonds. The Bertz CT molecular complexity index is 641. The molecule has 2 N–H and O–H groups in total. The maximum absolute atomic E-state index is 13.0. The number of nitrogens with zero attached hydrogens (tertiary/aromatic N) is 1. The molecule has 1 aromatic rings. The second-order valence-electron chi connectivity index (χ2n) is 7.21. The third-order valence-electron chi connectivity index (χ3n) is 5.33. The van der Waals surface area contributed by atoms with Crippen LogP contribution in [0.5, 0.6) is 5.75 Å². The fourth-order valence-corrected chi connectivity index (χ4v) is 3.60. The third kappa shape index (κ3) is 5.85. The molecule has 1 aliphatic heterocycles. The Labute approximate surface area is 174 Å². The molecule has 1 fully saturated rings. The smallest absolute Gasteiger partial charge is 0.225 e. The lowest BCUT2D eigenvalue weighted by Crippen LogP contribution is -2.49. The van der Waals surface area contributed by atoms with Crippen molar-refractivity contribution < 1.29 is 14.3 Å². The van der Waals surface area contributed by atoms with Gasteiger partial charge in [-0.2, -0.15) is 0 Å². The van der Waals surface area contributed by atoms with Crippen LogP contribution >= 0.6 is 12.4 Å². The molecule has 7 heteroatoms. The Morgan fingerprint density at radius 1 is 1.36 bits per heavy atom. The summed E-state index contributed by atoms with van der Waals surface area (Å²) in [5.41, 5.74) is 0.908. The number of hydrogen-bond acceptors (Lipinski definition) is 4. The van der Waals surface area contributed by atoms with Gasteiger partial charge in [0.25, 0.3) is 0 Å². The average molecular weight is 412 g/mol. The van der Waals surface area contributed by atoms with Gasteiger partial charge in [-0.25, -0.2) is 0 Å². The molecule has 3 atom stereocenters. The molecular weight excluding hydrogens is 378 g/mol. The zero-order valence-corrected chi connectivity index (χ0v) is 18.2. The number of benzene rings is 1. The number of likely N-dealkylation sites (tertiary alicyclic amines) is 1. The molecule has 6 nitrogen and oxygen atoms in total. The van der Waals surface area contributed by atoms with Gasteiger partial charge in [-0.3, -0.25) is 9.59 Å². The minimum absolute atomic E-state index is 0. The monoisotopic (exact) mass is 411 g/mol. The number of hydrogen-bond donors (Lipinski definition) is 2. The maximum atomic E-state index is 13.0. The molecular formula is C21H34ClN3O3. The first-order chi connectivity index (χ1) is 13.0. The van der Waals surface area contributed by atoms with Crippen molar-refractivity contribution >= 4 is 24.2 Å². The van der Waals surface area contributed by atoms with E-state index in [4.69, 9.17) is 4.74 Å². The molecule has 1 aliphatic rings. The predicted molar refractivity (Wildman–Crippen MR) is 114 cm³/mol. The van der Waals surface area contributed by atoms with Crippen LogP contribution in [0.15, 0.2) is 24.3 Å². The van der Waals surface area contributed by atoms with Crippen LogP contribution in [0.1, 0.15) is 51.1 Å². The van der Waals surface area contributed by atoms with E-state index in [1.54, 1.807) is 7.11 Å². The summed E-state index contributed by atoms with van der Waals surface area (Å²) >= 11 is 0. The number of para-hydroxylation sites is 1. The molecule has 0 spiro atoms. The number of halogens is 1. The van der Waals surface area contributed by atoms with Crippen molar-refractivity contribution in [3.8, 4) is 5.75 Å². The third-order valence-corrected chi connectivity index (χ3v) is 5.33. The van der Waals surface area contributed by atoms with Gasteiger partial charge in [-0.15, -0.1) is 12.4 Å². The van der Waals surface area contributed by atoms with Crippen LogP contribution in [-0.2, 0) is 9.59 Å². The topological polar surface area (TPSA) is 70.7 Å². The second kappa shape index (κ2) is 11.9. The van der Waals surface area contributed by atoms with Crippen LogP contribution in [0.3, 0.4) is 0 Å². The average Bonchev–Trinajstić information content (AvgIpc) is 2.70. The Morgan fingerprint density at radius 2 is 2.07 bits per heavy atom. The molecule has 0 saturated carbocycles. The van der Waals surface area contributed by atoms with E-state index in [-0.39, 0.29) is 42.2 Å². The number of nitrogens with one attached hydrogen (secondary N) is 2. The lowest BCUT2D eigenvalue weighted by Gasteiger charge is -2.41. The first-order valence-electron chi connectivity index (χ1n) is 9.90. The highest BCUT2D eigenvalue weighted by Gasteiger charge is 2.41. The van der Waals surface area contributed by atoms with Gasteiger partial charge in [0.1, 0.15) is 5.75 Å². The van der Waals surface area contributed by atoms with Crippen molar-refractivity contribution in [3.63, 3.8) is 0 Å². The van der Waals surface area contributed by atoms with Crippen LogP contribution in [0.2, 0.25) is 0 Å². The number of piperidine rings is 1. The van der Waals surface area contributed by atoms with Gasteiger partial charge in [0.2, 0.25) is 11.8 Å². The summed E-state index contributed by atoms with van der Waals surface area (Å²) in [6.07, 6.45) is 2.89. The predicted octanol–water partition coefficient (Wildman–Crippen LogP) is 2.92. The molecule has 0 bridgehead atoms. The Morgan fingerprint density at radius 3 is 2.71 bits per heavy atom. The van der Waals surface area contributed by atoms with Crippen molar-refractivity contribution in [2.75, 3.05) is 27.2 Å². The van der Waals surface area contributed by atoms with Crippen molar-refractivity contribution in [1.82, 2.24) is 15.5 Å². The molecule has 1 heterocycles. The normalized spacial score (nSPS) is 20.3. The summed E-state index contributed by atoms with van der Waals surface area (Å²) in [4.78, 5) is 27.6. The largest absolute Gasteiger partial charge is 0.496 e. The van der Waals surface area contributed by atoms with Gasteiger partial charge in [-0.05, 0) is 32.9 Å². The standard InChI is InChI=1S/C21H33N3O3.ClH/c1-5-6-13-24-19(25)12-11-17(21(26)23-14-15(2)22-3)20(24)16-9-7-8-10-18(16)27-4;/h7-10,15,17,20,22H,5-6,11-14H2,1-4H3,(H,23,26);1H. The van der Waals surface area contributed by atoms with Crippen LogP contribution in [-0.4, -0.2) is 50.0 Å². The fraction of sp³-hybridized carbons (Fsp3) is 0.619. The molecule has 3 unspecified atom stereocenters. The van der Waals surface area contributed by atoms with E-state index >= 15 is 0 Å². The summed E-state index contributed by atoms with van der Waals surface area (Å²) in [7, 11) is 3.50. The van der Waals surface area contributed by atoms with Gasteiger partial charge in [0.15, 0.2) is 0 Å². The van der Waals surface area contributed by atoms with Crippen molar-refractivity contribution in [3.05, 3.63) is 29.8 Å². The summed E-state index contributed by atoms with van der Waals surface area (Å²) in [6.45, 7) is 5.36. The van der Waals surface area contributed by atoms with Crippen LogP contribution in [0, 0.1) is 5.92 Å². The first-order valence-corrected chi connectivity index (χ1v) is 9.90. The van der Waals surface area contributed by atoms with Gasteiger partial charge >= 0.3 is 0 Å². The minimum Gasteiger partial charge on any atom is -0.496 e. The van der Waals surface area contributed by atoms with Gasteiger partial charge in [0, 0.05) is 31.1 Å². The van der Waals surface area contributed by atoms with E-state index in [2.05, 4.69) is 17.6 Å². The van der Waals surface area contributed by atoms with Gasteiger partial charge in [0.05, 0.1) is 19.1 Å². The Kier molecular flexibility index (Phi) is 10.3. The van der Waals surface area contributed by atoms with E-state index in [1.807, 2.05) is 43.1 Å². The highest BCUT2D eigenvalue weighted by Crippen LogP contribution is 2.40. The number of carbonyl (C=O) groups excluding carboxylic acids is 2. The lowest BCUT2D eigenvalue weighted by atomic mass is 9.83. The summed E-state index contributed by atoms with van der Waals surface area (Å²) in [5.74, 6) is 0.564. The fourth-order valence-electron chi connectivity index (χ4n) is 3.60. The minimum atomic E-state index is -0.293. The molecule has 1 saturated heterocycles. The molecule has 28 heavy (non-hydrogen) atoms. The van der Waals surface area contributed by atoms with Crippen LogP contribution < -0.4 is 15.4 Å². The zero-order chi connectivity index (χ0) is 19.8. The number of ether oxygens (including phenoxy) is 1. The summed E-state index contributed by atoms with van der Waals surface area (Å²) in [6, 6.07) is 7.61. The van der Waals surface area contributed by atoms with Crippen LogP contribution in [0.4, 0.5) is 0 Å². The molecule has 2 rings (SSSR count). The Balaban J connectivity index is 0.00000392. The van der Waals surface area contributed by atoms with E-state index in [9.17, 15) is 9.59 Å². The number of methoxy groups -OCH3 is 1. The Hall–Kier alpha value is -1.79. The molecule has 1 aromatic carbocycles. The van der Waals surface area contributed by atoms with E-state index in [0.29, 0.717) is 25.9 Å². The summed E-state index contributed by atoms with van der Waals surface area (Å²) in [5, 5.41) is 6.18. The number of likely N-dealkylation sites (N-methyl/N-ethyl adjacent to an activating group) is 1. The highest BCUT2D eigenvalue weighted by molar-refractivity contribution is 5.85. The lowest BCUT2D eigenvalue weighted by molar-refractivity contribution is -0.143. The van der Waals surface area contributed by atoms with Crippen LogP contribution in [0.25, 0.3) is 0 Å². The second-order valence-corrected chi connectivity index (χ2v) is 7.21. The molecule has 0 aliphatic carbocycles. The zero-order valence-electron chi connectivity index (χ0n) is 17.4. The highest BCUT2D eigenvalue weighted by atomic mass is 35.5. The van der Waals surface area contributed by atoms with E-state index in [1.165, 1.54) is 0 Å². The number of unbranched alkanes of at least 4 members (excludes halogenated alkanes) is 1. The first kappa shape index (κ1) is 24.2. The quantitative estimate of drug-likeness (QED) is 0.655. The SMILES string of the molecule is CCCCN1C(=O)CCC(C(=O)NCC(C)NC)C1c1ccccc1OC.Cl. The molecule has 0 radical (unpaired) electrons. The van der Waals surface area contributed by atoms with Gasteiger partial charge < -0.3 is 20.3 Å². The number of amides is 2. The molecule has 158 valence electrons. The summed E-state index contributed by atoms with van der Waals surface area (Å²) < 4.78 is 5.55. The van der Waals surface area contributed by atoms with E-state index < -0.39 is 0 Å². The van der Waals surface area contributed by atoms with Crippen molar-refractivity contribution in [1.29, 1.82) is 0 Å². The van der Waals surface area contributed by atoms with Crippen molar-refractivity contribution in [2.45, 2.75) is 51.6 Å². The van der Waals surface area contributed by atoms with E-state index in [0.717, 1.165) is 24.2 Å². The number of rotatable bonds is 9. The molecule has 0 aromatic heterocycles. The van der Waals surface area contributed by atoms with Crippen molar-refractivity contribution in [2.24, 2.45) is 5.92 Å². The van der Waals surface area contributed by atoms with Gasteiger partial charge in [-0.1, -0.05) is 31.5 Å².